The van der Waals surface area contributed by atoms with Gasteiger partial charge in [0.1, 0.15) is 18.8 Å². The van der Waals surface area contributed by atoms with Gasteiger partial charge >= 0.3 is 0 Å². The Bertz CT molecular complexity index is 1300. The number of ether oxygens (including phenoxy) is 1. The molecule has 5 rings (SSSR count). The summed E-state index contributed by atoms with van der Waals surface area (Å²) in [6.45, 7) is 2.21. The van der Waals surface area contributed by atoms with Crippen LogP contribution in [0.4, 0.5) is 4.39 Å². The maximum atomic E-state index is 15.0. The Morgan fingerprint density at radius 2 is 1.82 bits per heavy atom. The SMILES string of the molecule is C[C@H]1N2C/C=C\COc3c(F)cccc3[C@H](c3ccccc3)N1n1ccc(=O)c(O)c1C2=O. The zero-order valence-corrected chi connectivity index (χ0v) is 17.9. The number of pyridine rings is 1. The van der Waals surface area contributed by atoms with E-state index in [-0.39, 0.29) is 24.6 Å². The minimum Gasteiger partial charge on any atom is -0.502 e. The highest BCUT2D eigenvalue weighted by Gasteiger charge is 2.41. The van der Waals surface area contributed by atoms with Crippen LogP contribution in [0.15, 0.2) is 77.7 Å². The maximum Gasteiger partial charge on any atom is 0.278 e. The summed E-state index contributed by atoms with van der Waals surface area (Å²) in [4.78, 5) is 27.1. The summed E-state index contributed by atoms with van der Waals surface area (Å²) >= 11 is 0. The monoisotopic (exact) mass is 447 g/mol. The molecular formula is C25H22FN3O4. The van der Waals surface area contributed by atoms with Crippen molar-refractivity contribution in [1.82, 2.24) is 9.58 Å². The Labute approximate surface area is 189 Å². The number of hydrogen-bond donors (Lipinski definition) is 1. The fourth-order valence-corrected chi connectivity index (χ4v) is 4.50. The number of nitrogens with zero attached hydrogens (tertiary/aromatic N) is 3. The van der Waals surface area contributed by atoms with Gasteiger partial charge in [-0.1, -0.05) is 48.5 Å². The van der Waals surface area contributed by atoms with Gasteiger partial charge in [0.2, 0.25) is 5.43 Å². The molecule has 33 heavy (non-hydrogen) atoms. The van der Waals surface area contributed by atoms with Crippen molar-refractivity contribution in [3.05, 3.63) is 106 Å². The lowest BCUT2D eigenvalue weighted by atomic mass is 9.96. The molecule has 0 unspecified atom stereocenters. The summed E-state index contributed by atoms with van der Waals surface area (Å²) in [5.74, 6) is -1.47. The van der Waals surface area contributed by atoms with E-state index < -0.39 is 35.1 Å². The first-order valence-corrected chi connectivity index (χ1v) is 10.6. The molecule has 0 saturated heterocycles. The quantitative estimate of drug-likeness (QED) is 0.580. The van der Waals surface area contributed by atoms with Crippen molar-refractivity contribution in [3.8, 4) is 11.5 Å². The van der Waals surface area contributed by atoms with Gasteiger partial charge in [0, 0.05) is 24.4 Å². The highest BCUT2D eigenvalue weighted by Crippen LogP contribution is 2.39. The molecule has 0 radical (unpaired) electrons. The van der Waals surface area contributed by atoms with Crippen molar-refractivity contribution in [2.75, 3.05) is 18.2 Å². The predicted molar refractivity (Wildman–Crippen MR) is 120 cm³/mol. The Balaban J connectivity index is 1.86. The van der Waals surface area contributed by atoms with Crippen molar-refractivity contribution < 1.29 is 19.0 Å². The summed E-state index contributed by atoms with van der Waals surface area (Å²) in [5.41, 5.74) is 0.607. The number of para-hydroxylation sites is 1. The van der Waals surface area contributed by atoms with Crippen LogP contribution < -0.4 is 15.2 Å². The number of hydrogen-bond acceptors (Lipinski definition) is 5. The lowest BCUT2D eigenvalue weighted by Crippen LogP contribution is -2.61. The van der Waals surface area contributed by atoms with E-state index in [1.807, 2.05) is 42.3 Å². The fourth-order valence-electron chi connectivity index (χ4n) is 4.50. The number of aromatic nitrogens is 1. The maximum absolute atomic E-state index is 15.0. The zero-order valence-electron chi connectivity index (χ0n) is 17.9. The molecule has 168 valence electrons. The van der Waals surface area contributed by atoms with Gasteiger partial charge < -0.3 is 14.7 Å². The average molecular weight is 447 g/mol. The Morgan fingerprint density at radius 1 is 1.03 bits per heavy atom. The van der Waals surface area contributed by atoms with Gasteiger partial charge in [-0.15, -0.1) is 0 Å². The minimum absolute atomic E-state index is 0.111. The van der Waals surface area contributed by atoms with E-state index >= 15 is 0 Å². The molecule has 2 aliphatic rings. The van der Waals surface area contributed by atoms with Crippen LogP contribution in [-0.4, -0.2) is 39.9 Å². The second kappa shape index (κ2) is 8.12. The summed E-state index contributed by atoms with van der Waals surface area (Å²) in [5, 5.41) is 12.4. The van der Waals surface area contributed by atoms with Gasteiger partial charge in [0.05, 0.1) is 0 Å². The largest absolute Gasteiger partial charge is 0.502 e. The average Bonchev–Trinajstić information content (AvgIpc) is 2.83. The van der Waals surface area contributed by atoms with E-state index in [1.165, 1.54) is 23.0 Å². The van der Waals surface area contributed by atoms with Crippen molar-refractivity contribution in [3.63, 3.8) is 0 Å². The molecule has 8 heteroatoms. The molecule has 2 atom stereocenters. The molecule has 0 saturated carbocycles. The molecule has 1 N–H and O–H groups in total. The van der Waals surface area contributed by atoms with E-state index in [0.29, 0.717) is 5.56 Å². The number of carbonyl (C=O) groups excluding carboxylic acids is 1. The number of fused-ring (bicyclic) bond motifs is 5. The van der Waals surface area contributed by atoms with Gasteiger partial charge in [-0.3, -0.25) is 19.3 Å². The third-order valence-electron chi connectivity index (χ3n) is 6.06. The van der Waals surface area contributed by atoms with Crippen LogP contribution >= 0.6 is 0 Å². The van der Waals surface area contributed by atoms with Crippen molar-refractivity contribution in [2.45, 2.75) is 19.1 Å². The molecule has 1 amide bonds. The van der Waals surface area contributed by atoms with Crippen LogP contribution in [0.25, 0.3) is 0 Å². The van der Waals surface area contributed by atoms with E-state index in [4.69, 9.17) is 4.74 Å². The van der Waals surface area contributed by atoms with Crippen LogP contribution in [-0.2, 0) is 0 Å². The zero-order chi connectivity index (χ0) is 23.1. The smallest absolute Gasteiger partial charge is 0.278 e. The Kier molecular flexibility index (Phi) is 5.12. The summed E-state index contributed by atoms with van der Waals surface area (Å²) in [6.07, 6.45) is 4.43. The number of benzene rings is 2. The van der Waals surface area contributed by atoms with Crippen LogP contribution in [0.3, 0.4) is 0 Å². The number of rotatable bonds is 1. The number of aromatic hydroxyl groups is 1. The number of amides is 1. The normalized spacial score (nSPS) is 20.8. The second-order valence-electron chi connectivity index (χ2n) is 7.94. The lowest BCUT2D eigenvalue weighted by Gasteiger charge is -2.48. The third kappa shape index (κ3) is 3.34. The molecule has 3 aromatic rings. The van der Waals surface area contributed by atoms with Crippen LogP contribution in [0.2, 0.25) is 0 Å². The Hall–Kier alpha value is -4.07. The van der Waals surface area contributed by atoms with Crippen LogP contribution in [0.5, 0.6) is 11.5 Å². The molecule has 2 aromatic carbocycles. The minimum atomic E-state index is -0.644. The van der Waals surface area contributed by atoms with Gasteiger partial charge in [-0.05, 0) is 24.6 Å². The fraction of sp³-hybridized carbons (Fsp3) is 0.200. The highest BCUT2D eigenvalue weighted by molar-refractivity contribution is 5.96. The summed E-state index contributed by atoms with van der Waals surface area (Å²) in [6, 6.07) is 14.8. The van der Waals surface area contributed by atoms with E-state index in [1.54, 1.807) is 29.2 Å². The molecule has 2 bridgehead atoms. The number of carbonyl (C=O) groups is 1. The van der Waals surface area contributed by atoms with Gasteiger partial charge in [0.15, 0.2) is 23.0 Å². The Morgan fingerprint density at radius 3 is 2.61 bits per heavy atom. The third-order valence-corrected chi connectivity index (χ3v) is 6.06. The topological polar surface area (TPSA) is 75.0 Å². The van der Waals surface area contributed by atoms with Crippen molar-refractivity contribution in [2.24, 2.45) is 0 Å². The van der Waals surface area contributed by atoms with Crippen molar-refractivity contribution >= 4 is 5.91 Å². The molecule has 0 aliphatic carbocycles. The van der Waals surface area contributed by atoms with E-state index in [9.17, 15) is 19.1 Å². The summed E-state index contributed by atoms with van der Waals surface area (Å²) < 4.78 is 22.3. The second-order valence-corrected chi connectivity index (χ2v) is 7.94. The summed E-state index contributed by atoms with van der Waals surface area (Å²) in [7, 11) is 0. The highest BCUT2D eigenvalue weighted by atomic mass is 19.1. The first-order chi connectivity index (χ1) is 16.0. The molecular weight excluding hydrogens is 425 g/mol. The molecule has 0 fully saturated rings. The molecule has 1 aromatic heterocycles. The van der Waals surface area contributed by atoms with E-state index in [0.717, 1.165) is 5.56 Å². The number of halogens is 1. The standard InChI is InChI=1S/C25H22FN3O4/c1-16-27-13-5-6-15-33-24-18(10-7-11-19(24)26)21(17-8-3-2-4-9-17)29(16)28-14-12-20(30)23(31)22(28)25(27)32/h2-12,14,16,21,31H,13,15H2,1H3/b6-5-/t16-,21-/m0/s1. The molecule has 0 spiro atoms. The molecule has 3 heterocycles. The first kappa shape index (κ1) is 20.8. The van der Waals surface area contributed by atoms with Crippen LogP contribution in [0, 0.1) is 5.82 Å². The molecule has 7 nitrogen and oxygen atoms in total. The van der Waals surface area contributed by atoms with E-state index in [2.05, 4.69) is 0 Å². The predicted octanol–water partition coefficient (Wildman–Crippen LogP) is 3.17. The van der Waals surface area contributed by atoms with Gasteiger partial charge in [0.25, 0.3) is 5.91 Å². The lowest BCUT2D eigenvalue weighted by molar-refractivity contribution is 0.0604. The van der Waals surface area contributed by atoms with Gasteiger partial charge in [-0.2, -0.15) is 0 Å². The van der Waals surface area contributed by atoms with Crippen LogP contribution in [0.1, 0.15) is 34.6 Å². The first-order valence-electron chi connectivity index (χ1n) is 10.6. The van der Waals surface area contributed by atoms with Crippen molar-refractivity contribution in [1.29, 1.82) is 0 Å². The molecule has 2 aliphatic heterocycles. The van der Waals surface area contributed by atoms with Gasteiger partial charge in [-0.25, -0.2) is 4.39 Å².